The Kier molecular flexibility index (Phi) is 4.59. The first-order valence-corrected chi connectivity index (χ1v) is 8.23. The fourth-order valence-corrected chi connectivity index (χ4v) is 2.74. The van der Waals surface area contributed by atoms with Gasteiger partial charge in [-0.3, -0.25) is 4.79 Å². The summed E-state index contributed by atoms with van der Waals surface area (Å²) in [5.41, 5.74) is 8.53. The molecule has 0 spiro atoms. The van der Waals surface area contributed by atoms with Gasteiger partial charge in [0, 0.05) is 12.1 Å². The quantitative estimate of drug-likeness (QED) is 0.738. The van der Waals surface area contributed by atoms with E-state index >= 15 is 0 Å². The summed E-state index contributed by atoms with van der Waals surface area (Å²) in [5, 5.41) is 7.49. The van der Waals surface area contributed by atoms with Gasteiger partial charge in [-0.05, 0) is 45.4 Å². The monoisotopic (exact) mass is 342 g/mol. The summed E-state index contributed by atoms with van der Waals surface area (Å²) >= 11 is 0. The summed E-state index contributed by atoms with van der Waals surface area (Å²) in [5.74, 6) is 1.52. The number of pyridine rings is 1. The van der Waals surface area contributed by atoms with Gasteiger partial charge in [0.05, 0.1) is 22.3 Å². The third-order valence-electron chi connectivity index (χ3n) is 4.19. The van der Waals surface area contributed by atoms with Crippen LogP contribution in [0.3, 0.4) is 0 Å². The summed E-state index contributed by atoms with van der Waals surface area (Å²) in [7, 11) is 0. The van der Waals surface area contributed by atoms with E-state index in [0.29, 0.717) is 41.1 Å². The zero-order valence-electron chi connectivity index (χ0n) is 14.8. The molecule has 1 unspecified atom stereocenters. The minimum absolute atomic E-state index is 0.196. The minimum Gasteiger partial charge on any atom is -0.466 e. The highest BCUT2D eigenvalue weighted by atomic mass is 16.5. The first-order chi connectivity index (χ1) is 11.9. The van der Waals surface area contributed by atoms with E-state index in [2.05, 4.69) is 15.5 Å². The molecule has 0 aromatic carbocycles. The number of nitrogens with two attached hydrogens (primary N) is 1. The van der Waals surface area contributed by atoms with E-state index in [0.717, 1.165) is 17.1 Å². The molecule has 3 N–H and O–H groups in total. The molecule has 0 bridgehead atoms. The van der Waals surface area contributed by atoms with Crippen molar-refractivity contribution in [1.82, 2.24) is 15.5 Å². The van der Waals surface area contributed by atoms with E-state index < -0.39 is 0 Å². The minimum atomic E-state index is -0.196. The third kappa shape index (κ3) is 3.28. The SMILES string of the molecule is Cc1cc(-c2cc(C(=O)NCC(C)CN)c3c(C)noc3n2)c(C)o1. The van der Waals surface area contributed by atoms with E-state index in [1.807, 2.05) is 26.8 Å². The van der Waals surface area contributed by atoms with Crippen molar-refractivity contribution in [1.29, 1.82) is 0 Å². The zero-order chi connectivity index (χ0) is 18.1. The Balaban J connectivity index is 2.08. The molecule has 0 radical (unpaired) electrons. The normalized spacial score (nSPS) is 12.5. The van der Waals surface area contributed by atoms with Gasteiger partial charge in [-0.2, -0.15) is 0 Å². The van der Waals surface area contributed by atoms with Crippen molar-refractivity contribution >= 4 is 17.0 Å². The molecule has 7 nitrogen and oxygen atoms in total. The summed E-state index contributed by atoms with van der Waals surface area (Å²) in [4.78, 5) is 17.2. The number of rotatable bonds is 5. The molecule has 3 aromatic rings. The van der Waals surface area contributed by atoms with Crippen LogP contribution in [0.25, 0.3) is 22.4 Å². The second-order valence-corrected chi connectivity index (χ2v) is 6.38. The maximum absolute atomic E-state index is 12.7. The lowest BCUT2D eigenvalue weighted by molar-refractivity contribution is 0.0950. The molecule has 3 heterocycles. The zero-order valence-corrected chi connectivity index (χ0v) is 14.8. The number of nitrogens with zero attached hydrogens (tertiary/aromatic N) is 2. The van der Waals surface area contributed by atoms with Crippen molar-refractivity contribution in [2.45, 2.75) is 27.7 Å². The average molecular weight is 342 g/mol. The van der Waals surface area contributed by atoms with Crippen LogP contribution in [0, 0.1) is 26.7 Å². The van der Waals surface area contributed by atoms with Crippen LogP contribution in [-0.4, -0.2) is 29.1 Å². The van der Waals surface area contributed by atoms with E-state index in [1.165, 1.54) is 0 Å². The number of carbonyl (C=O) groups excluding carboxylic acids is 1. The fraction of sp³-hybridized carbons (Fsp3) is 0.389. The van der Waals surface area contributed by atoms with Crippen LogP contribution in [0.15, 0.2) is 21.1 Å². The largest absolute Gasteiger partial charge is 0.466 e. The van der Waals surface area contributed by atoms with E-state index in [1.54, 1.807) is 13.0 Å². The summed E-state index contributed by atoms with van der Waals surface area (Å²) in [6, 6.07) is 3.65. The highest BCUT2D eigenvalue weighted by Gasteiger charge is 2.21. The molecule has 0 aliphatic rings. The number of hydrogen-bond acceptors (Lipinski definition) is 6. The van der Waals surface area contributed by atoms with Crippen molar-refractivity contribution in [3.63, 3.8) is 0 Å². The van der Waals surface area contributed by atoms with Crippen LogP contribution in [0.5, 0.6) is 0 Å². The number of carbonyl (C=O) groups is 1. The lowest BCUT2D eigenvalue weighted by Crippen LogP contribution is -2.31. The van der Waals surface area contributed by atoms with E-state index in [4.69, 9.17) is 14.7 Å². The van der Waals surface area contributed by atoms with Crippen LogP contribution in [0.4, 0.5) is 0 Å². The first kappa shape index (κ1) is 17.2. The average Bonchev–Trinajstić information content (AvgIpc) is 3.13. The molecule has 3 rings (SSSR count). The smallest absolute Gasteiger partial charge is 0.259 e. The number of nitrogens with one attached hydrogen (secondary N) is 1. The second kappa shape index (κ2) is 6.68. The summed E-state index contributed by atoms with van der Waals surface area (Å²) < 4.78 is 10.9. The Morgan fingerprint density at radius 2 is 2.08 bits per heavy atom. The number of furan rings is 1. The van der Waals surface area contributed by atoms with Gasteiger partial charge in [0.25, 0.3) is 11.6 Å². The van der Waals surface area contributed by atoms with Gasteiger partial charge in [0.2, 0.25) is 0 Å². The van der Waals surface area contributed by atoms with Crippen LogP contribution < -0.4 is 11.1 Å². The van der Waals surface area contributed by atoms with Gasteiger partial charge >= 0.3 is 0 Å². The first-order valence-electron chi connectivity index (χ1n) is 8.23. The van der Waals surface area contributed by atoms with Crippen molar-refractivity contribution in [3.05, 3.63) is 34.9 Å². The maximum atomic E-state index is 12.7. The van der Waals surface area contributed by atoms with Gasteiger partial charge in [-0.25, -0.2) is 4.98 Å². The molecule has 0 aliphatic carbocycles. The standard InChI is InChI=1S/C18H22N4O3/c1-9(7-19)8-20-17(23)14-6-15(13-5-10(2)24-12(13)4)21-18-16(14)11(3)22-25-18/h5-6,9H,7-8,19H2,1-4H3,(H,20,23). The number of aryl methyl sites for hydroxylation is 3. The van der Waals surface area contributed by atoms with Crippen molar-refractivity contribution in [2.24, 2.45) is 11.7 Å². The topological polar surface area (TPSA) is 107 Å². The molecular weight excluding hydrogens is 320 g/mol. The molecule has 0 saturated carbocycles. The number of aromatic nitrogens is 2. The number of hydrogen-bond donors (Lipinski definition) is 2. The molecule has 1 atom stereocenters. The van der Waals surface area contributed by atoms with E-state index in [9.17, 15) is 4.79 Å². The van der Waals surface area contributed by atoms with Crippen LogP contribution in [0.2, 0.25) is 0 Å². The molecule has 0 saturated heterocycles. The molecule has 0 fully saturated rings. The van der Waals surface area contributed by atoms with Crippen molar-refractivity contribution < 1.29 is 13.7 Å². The third-order valence-corrected chi connectivity index (χ3v) is 4.19. The highest BCUT2D eigenvalue weighted by molar-refractivity contribution is 6.07. The predicted molar refractivity (Wildman–Crippen MR) is 94.3 cm³/mol. The van der Waals surface area contributed by atoms with E-state index in [-0.39, 0.29) is 11.8 Å². The lowest BCUT2D eigenvalue weighted by atomic mass is 10.0. The molecule has 7 heteroatoms. The Morgan fingerprint density at radius 1 is 1.32 bits per heavy atom. The Morgan fingerprint density at radius 3 is 2.72 bits per heavy atom. The summed E-state index contributed by atoms with van der Waals surface area (Å²) in [6.45, 7) is 8.52. The number of amides is 1. The fourth-order valence-electron chi connectivity index (χ4n) is 2.74. The van der Waals surface area contributed by atoms with Crippen molar-refractivity contribution in [3.8, 4) is 11.3 Å². The van der Waals surface area contributed by atoms with Crippen LogP contribution >= 0.6 is 0 Å². The van der Waals surface area contributed by atoms with Gasteiger partial charge < -0.3 is 20.0 Å². The molecule has 3 aromatic heterocycles. The van der Waals surface area contributed by atoms with Crippen molar-refractivity contribution in [2.75, 3.05) is 13.1 Å². The number of fused-ring (bicyclic) bond motifs is 1. The predicted octanol–water partition coefficient (Wildman–Crippen LogP) is 2.73. The van der Waals surface area contributed by atoms with Gasteiger partial charge in [-0.1, -0.05) is 12.1 Å². The lowest BCUT2D eigenvalue weighted by Gasteiger charge is -2.11. The van der Waals surface area contributed by atoms with Gasteiger partial charge in [0.1, 0.15) is 11.5 Å². The Labute approximate surface area is 145 Å². The highest BCUT2D eigenvalue weighted by Crippen LogP contribution is 2.30. The molecule has 0 aliphatic heterocycles. The molecule has 1 amide bonds. The van der Waals surface area contributed by atoms with Crippen LogP contribution in [-0.2, 0) is 0 Å². The molecule has 25 heavy (non-hydrogen) atoms. The van der Waals surface area contributed by atoms with Crippen LogP contribution in [0.1, 0.15) is 34.5 Å². The Hall–Kier alpha value is -2.67. The van der Waals surface area contributed by atoms with Gasteiger partial charge in [0.15, 0.2) is 0 Å². The molecule has 132 valence electrons. The Bertz CT molecular complexity index is 926. The maximum Gasteiger partial charge on any atom is 0.259 e. The summed E-state index contributed by atoms with van der Waals surface area (Å²) in [6.07, 6.45) is 0. The second-order valence-electron chi connectivity index (χ2n) is 6.38. The van der Waals surface area contributed by atoms with Gasteiger partial charge in [-0.15, -0.1) is 0 Å². The molecular formula is C18H22N4O3.